The number of amides is 2. The van der Waals surface area contributed by atoms with E-state index in [1.165, 1.54) is 11.3 Å². The molecule has 0 radical (unpaired) electrons. The molecule has 0 unspecified atom stereocenters. The topological polar surface area (TPSA) is 75.7 Å². The monoisotopic (exact) mass is 444 g/mol. The van der Waals surface area contributed by atoms with Gasteiger partial charge in [0.05, 0.1) is 15.3 Å². The molecule has 0 saturated carbocycles. The summed E-state index contributed by atoms with van der Waals surface area (Å²) in [7, 11) is 0. The van der Waals surface area contributed by atoms with Crippen molar-refractivity contribution in [3.05, 3.63) is 20.8 Å². The molecule has 1 N–H and O–H groups in total. The Morgan fingerprint density at radius 1 is 1.42 bits per heavy atom. The Hall–Kier alpha value is -1.41. The molecule has 8 heteroatoms. The Kier molecular flexibility index (Phi) is 8.09. The molecule has 2 rings (SSSR count). The molecular formula is C18H25BrN2O4S. The van der Waals surface area contributed by atoms with E-state index in [1.807, 2.05) is 6.07 Å². The molecule has 0 bridgehead atoms. The van der Waals surface area contributed by atoms with Crippen molar-refractivity contribution in [3.8, 4) is 0 Å². The molecule has 26 heavy (non-hydrogen) atoms. The molecule has 6 nitrogen and oxygen atoms in total. The first-order valence-corrected chi connectivity index (χ1v) is 10.5. The summed E-state index contributed by atoms with van der Waals surface area (Å²) in [6.07, 6.45) is 3.04. The zero-order chi connectivity index (χ0) is 19.1. The third-order valence-corrected chi connectivity index (χ3v) is 6.03. The normalized spacial score (nSPS) is 18.3. The van der Waals surface area contributed by atoms with Crippen LogP contribution in [-0.4, -0.2) is 48.4 Å². The first kappa shape index (κ1) is 20.9. The van der Waals surface area contributed by atoms with Crippen molar-refractivity contribution in [3.63, 3.8) is 0 Å². The van der Waals surface area contributed by atoms with Gasteiger partial charge in [0.1, 0.15) is 6.04 Å². The quantitative estimate of drug-likeness (QED) is 0.654. The molecule has 144 valence electrons. The number of likely N-dealkylation sites (tertiary alicyclic amines) is 1. The molecule has 2 atom stereocenters. The number of rotatable bonds is 7. The highest BCUT2D eigenvalue weighted by molar-refractivity contribution is 9.11. The average Bonchev–Trinajstić information content (AvgIpc) is 3.06. The summed E-state index contributed by atoms with van der Waals surface area (Å²) < 4.78 is 5.84. The number of nitrogens with zero attached hydrogens (tertiary/aromatic N) is 1. The number of hydrogen-bond acceptors (Lipinski definition) is 5. The van der Waals surface area contributed by atoms with Crippen molar-refractivity contribution in [1.29, 1.82) is 0 Å². The number of hydrogen-bond donors (Lipinski definition) is 1. The zero-order valence-electron chi connectivity index (χ0n) is 15.1. The van der Waals surface area contributed by atoms with Gasteiger partial charge in [-0.25, -0.2) is 0 Å². The maximum Gasteiger partial charge on any atom is 0.305 e. The number of thiophene rings is 1. The maximum atomic E-state index is 12.7. The Labute approximate surface area is 166 Å². The van der Waals surface area contributed by atoms with Gasteiger partial charge in [-0.15, -0.1) is 11.3 Å². The van der Waals surface area contributed by atoms with Gasteiger partial charge in [0.25, 0.3) is 5.91 Å². The van der Waals surface area contributed by atoms with E-state index in [0.717, 1.165) is 23.0 Å². The van der Waals surface area contributed by atoms with E-state index < -0.39 is 6.04 Å². The van der Waals surface area contributed by atoms with Gasteiger partial charge in [0, 0.05) is 19.5 Å². The molecule has 0 spiro atoms. The van der Waals surface area contributed by atoms with E-state index in [-0.39, 0.29) is 17.8 Å². The number of halogens is 1. The fourth-order valence-corrected chi connectivity index (χ4v) is 4.38. The van der Waals surface area contributed by atoms with Crippen LogP contribution in [0.4, 0.5) is 0 Å². The molecule has 0 aliphatic carbocycles. The second-order valence-electron chi connectivity index (χ2n) is 6.44. The van der Waals surface area contributed by atoms with Crippen molar-refractivity contribution in [2.24, 2.45) is 5.92 Å². The molecule has 1 aliphatic heterocycles. The maximum absolute atomic E-state index is 12.7. The van der Waals surface area contributed by atoms with Crippen molar-refractivity contribution < 1.29 is 19.1 Å². The number of ether oxygens (including phenoxy) is 1. The predicted molar refractivity (Wildman–Crippen MR) is 104 cm³/mol. The molecule has 0 aromatic carbocycles. The first-order chi connectivity index (χ1) is 12.4. The van der Waals surface area contributed by atoms with Crippen molar-refractivity contribution in [1.82, 2.24) is 10.2 Å². The Balaban J connectivity index is 1.83. The number of carbonyl (C=O) groups is 3. The lowest BCUT2D eigenvalue weighted by molar-refractivity contribution is -0.143. The highest BCUT2D eigenvalue weighted by atomic mass is 79.9. The van der Waals surface area contributed by atoms with E-state index >= 15 is 0 Å². The Bertz CT molecular complexity index is 649. The van der Waals surface area contributed by atoms with E-state index in [4.69, 9.17) is 4.74 Å². The van der Waals surface area contributed by atoms with Gasteiger partial charge < -0.3 is 15.0 Å². The van der Waals surface area contributed by atoms with Crippen molar-refractivity contribution >= 4 is 45.1 Å². The van der Waals surface area contributed by atoms with Crippen LogP contribution in [0.1, 0.15) is 49.2 Å². The third-order valence-electron chi connectivity index (χ3n) is 4.41. The number of esters is 1. The minimum Gasteiger partial charge on any atom is -0.466 e. The molecule has 1 fully saturated rings. The second-order valence-corrected chi connectivity index (χ2v) is 8.90. The summed E-state index contributed by atoms with van der Waals surface area (Å²) >= 11 is 4.66. The van der Waals surface area contributed by atoms with Gasteiger partial charge in [-0.05, 0) is 67.1 Å². The number of piperidine rings is 1. The highest BCUT2D eigenvalue weighted by Crippen LogP contribution is 2.23. The van der Waals surface area contributed by atoms with E-state index in [9.17, 15) is 14.4 Å². The van der Waals surface area contributed by atoms with Crippen LogP contribution in [0.15, 0.2) is 15.9 Å². The van der Waals surface area contributed by atoms with Crippen LogP contribution in [0.25, 0.3) is 0 Å². The fraction of sp³-hybridized carbons (Fsp3) is 0.611. The third kappa shape index (κ3) is 6.09. The SMILES string of the molecule is CCOC(=O)CC[C@H]1CCCN(C(=O)[C@@H](C)NC(=O)c2ccc(Br)s2)C1. The smallest absolute Gasteiger partial charge is 0.305 e. The minimum absolute atomic E-state index is 0.0743. The lowest BCUT2D eigenvalue weighted by atomic mass is 9.93. The molecule has 2 amide bonds. The number of carbonyl (C=O) groups excluding carboxylic acids is 3. The molecule has 1 saturated heterocycles. The van der Waals surface area contributed by atoms with Gasteiger partial charge >= 0.3 is 5.97 Å². The van der Waals surface area contributed by atoms with E-state index in [1.54, 1.807) is 24.8 Å². The first-order valence-electron chi connectivity index (χ1n) is 8.91. The fourth-order valence-electron chi connectivity index (χ4n) is 3.10. The van der Waals surface area contributed by atoms with Crippen LogP contribution in [0.2, 0.25) is 0 Å². The summed E-state index contributed by atoms with van der Waals surface area (Å²) in [5, 5.41) is 2.77. The lowest BCUT2D eigenvalue weighted by Crippen LogP contribution is -2.50. The van der Waals surface area contributed by atoms with Crippen LogP contribution in [0.3, 0.4) is 0 Å². The van der Waals surface area contributed by atoms with Gasteiger partial charge in [-0.2, -0.15) is 0 Å². The van der Waals surface area contributed by atoms with Crippen LogP contribution in [-0.2, 0) is 14.3 Å². The van der Waals surface area contributed by atoms with Crippen molar-refractivity contribution in [2.75, 3.05) is 19.7 Å². The van der Waals surface area contributed by atoms with Crippen LogP contribution in [0, 0.1) is 5.92 Å². The lowest BCUT2D eigenvalue weighted by Gasteiger charge is -2.34. The molecule has 1 aromatic heterocycles. The predicted octanol–water partition coefficient (Wildman–Crippen LogP) is 3.21. The summed E-state index contributed by atoms with van der Waals surface area (Å²) in [4.78, 5) is 38.8. The second kappa shape index (κ2) is 10.1. The Morgan fingerprint density at radius 2 is 2.19 bits per heavy atom. The van der Waals surface area contributed by atoms with Crippen LogP contribution < -0.4 is 5.32 Å². The van der Waals surface area contributed by atoms with E-state index in [2.05, 4.69) is 21.2 Å². The summed E-state index contributed by atoms with van der Waals surface area (Å²) in [6.45, 7) is 5.23. The number of nitrogens with one attached hydrogen (secondary N) is 1. The van der Waals surface area contributed by atoms with Gasteiger partial charge in [0.15, 0.2) is 0 Å². The molecular weight excluding hydrogens is 420 g/mol. The standard InChI is InChI=1S/C18H25BrN2O4S/c1-3-25-16(22)9-6-13-5-4-10-21(11-13)18(24)12(2)20-17(23)14-7-8-15(19)26-14/h7-8,12-13H,3-6,9-11H2,1-2H3,(H,20,23)/t12-,13-/m1/s1. The zero-order valence-corrected chi connectivity index (χ0v) is 17.5. The van der Waals surface area contributed by atoms with Gasteiger partial charge in [-0.3, -0.25) is 14.4 Å². The van der Waals surface area contributed by atoms with Gasteiger partial charge in [-0.1, -0.05) is 0 Å². The molecule has 1 aliphatic rings. The molecule has 1 aromatic rings. The summed E-state index contributed by atoms with van der Waals surface area (Å²) in [5.74, 6) is -0.195. The van der Waals surface area contributed by atoms with Gasteiger partial charge in [0.2, 0.25) is 5.91 Å². The highest BCUT2D eigenvalue weighted by Gasteiger charge is 2.28. The largest absolute Gasteiger partial charge is 0.466 e. The minimum atomic E-state index is -0.577. The summed E-state index contributed by atoms with van der Waals surface area (Å²) in [5.41, 5.74) is 0. The molecule has 2 heterocycles. The average molecular weight is 445 g/mol. The summed E-state index contributed by atoms with van der Waals surface area (Å²) in [6, 6.07) is 2.96. The van der Waals surface area contributed by atoms with Crippen LogP contribution in [0.5, 0.6) is 0 Å². The van der Waals surface area contributed by atoms with E-state index in [0.29, 0.717) is 36.9 Å². The van der Waals surface area contributed by atoms with Crippen molar-refractivity contribution in [2.45, 2.75) is 45.6 Å². The van der Waals surface area contributed by atoms with Crippen LogP contribution >= 0.6 is 27.3 Å². The Morgan fingerprint density at radius 3 is 2.85 bits per heavy atom.